The highest BCUT2D eigenvalue weighted by Gasteiger charge is 2.35. The highest BCUT2D eigenvalue weighted by atomic mass is 32.2. The summed E-state index contributed by atoms with van der Waals surface area (Å²) in [7, 11) is -3.56. The number of hydrogen-bond donors (Lipinski definition) is 2. The van der Waals surface area contributed by atoms with E-state index in [2.05, 4.69) is 23.6 Å². The number of nitrogens with two attached hydrogens (primary N) is 1. The van der Waals surface area contributed by atoms with Crippen LogP contribution in [0.15, 0.2) is 23.4 Å². The molecule has 1 unspecified atom stereocenters. The van der Waals surface area contributed by atoms with Gasteiger partial charge in [-0.1, -0.05) is 32.8 Å². The minimum Gasteiger partial charge on any atom is -0.326 e. The van der Waals surface area contributed by atoms with E-state index in [1.165, 1.54) is 12.3 Å². The summed E-state index contributed by atoms with van der Waals surface area (Å²) in [4.78, 5) is 4.00. The average Bonchev–Trinajstić information content (AvgIpc) is 2.41. The molecule has 2 rings (SSSR count). The van der Waals surface area contributed by atoms with E-state index in [4.69, 9.17) is 5.73 Å². The normalized spacial score (nSPS) is 22.6. The van der Waals surface area contributed by atoms with Crippen molar-refractivity contribution in [1.82, 2.24) is 9.71 Å². The maximum atomic E-state index is 12.4. The van der Waals surface area contributed by atoms with Gasteiger partial charge in [-0.25, -0.2) is 18.1 Å². The Kier molecular flexibility index (Phi) is 4.46. The lowest BCUT2D eigenvalue weighted by molar-refractivity contribution is 0.188. The van der Waals surface area contributed by atoms with Crippen LogP contribution >= 0.6 is 0 Å². The van der Waals surface area contributed by atoms with Gasteiger partial charge >= 0.3 is 0 Å². The molecule has 0 aliphatic heterocycles. The van der Waals surface area contributed by atoms with E-state index in [0.717, 1.165) is 31.2 Å². The van der Waals surface area contributed by atoms with Crippen LogP contribution in [0.25, 0.3) is 0 Å². The van der Waals surface area contributed by atoms with Crippen molar-refractivity contribution in [3.8, 4) is 0 Å². The summed E-state index contributed by atoms with van der Waals surface area (Å²) in [6.07, 6.45) is 5.66. The smallest absolute Gasteiger partial charge is 0.258 e. The lowest BCUT2D eigenvalue weighted by atomic mass is 9.74. The van der Waals surface area contributed by atoms with Crippen molar-refractivity contribution in [2.45, 2.75) is 57.1 Å². The molecule has 6 heteroatoms. The van der Waals surface area contributed by atoms with Gasteiger partial charge in [0.15, 0.2) is 5.03 Å². The standard InChI is InChI=1S/C14H23N3O2S/c1-14(2)8-4-3-5-12(14)17-20(18,19)13-7-6-11(9-15)10-16-13/h6-7,10,12,17H,3-5,8-9,15H2,1-2H3. The monoisotopic (exact) mass is 297 g/mol. The van der Waals surface area contributed by atoms with Crippen molar-refractivity contribution in [2.24, 2.45) is 11.1 Å². The van der Waals surface area contributed by atoms with Gasteiger partial charge in [0.05, 0.1) is 0 Å². The number of nitrogens with zero attached hydrogens (tertiary/aromatic N) is 1. The summed E-state index contributed by atoms with van der Waals surface area (Å²) >= 11 is 0. The Hall–Kier alpha value is -0.980. The first-order valence-corrected chi connectivity index (χ1v) is 8.51. The average molecular weight is 297 g/mol. The Morgan fingerprint density at radius 3 is 2.70 bits per heavy atom. The molecule has 20 heavy (non-hydrogen) atoms. The van der Waals surface area contributed by atoms with Crippen LogP contribution in [0.3, 0.4) is 0 Å². The fraction of sp³-hybridized carbons (Fsp3) is 0.643. The Bertz CT molecular complexity index is 552. The molecule has 112 valence electrons. The molecule has 0 amide bonds. The van der Waals surface area contributed by atoms with Crippen LogP contribution in [0, 0.1) is 5.41 Å². The second kappa shape index (κ2) is 5.79. The highest BCUT2D eigenvalue weighted by molar-refractivity contribution is 7.89. The van der Waals surface area contributed by atoms with Gasteiger partial charge in [0.25, 0.3) is 10.0 Å². The van der Waals surface area contributed by atoms with E-state index in [-0.39, 0.29) is 16.5 Å². The number of rotatable bonds is 4. The zero-order chi connectivity index (χ0) is 14.8. The molecule has 0 saturated heterocycles. The molecule has 5 nitrogen and oxygen atoms in total. The van der Waals surface area contributed by atoms with E-state index >= 15 is 0 Å². The maximum absolute atomic E-state index is 12.4. The van der Waals surface area contributed by atoms with Crippen molar-refractivity contribution in [1.29, 1.82) is 0 Å². The summed E-state index contributed by atoms with van der Waals surface area (Å²) in [5.41, 5.74) is 6.30. The van der Waals surface area contributed by atoms with E-state index < -0.39 is 10.0 Å². The predicted molar refractivity (Wildman–Crippen MR) is 78.5 cm³/mol. The SMILES string of the molecule is CC1(C)CCCCC1NS(=O)(=O)c1ccc(CN)cn1. The molecule has 0 aromatic carbocycles. The van der Waals surface area contributed by atoms with Gasteiger partial charge in [0.2, 0.25) is 0 Å². The molecule has 0 radical (unpaired) electrons. The number of nitrogens with one attached hydrogen (secondary N) is 1. The molecule has 1 heterocycles. The van der Waals surface area contributed by atoms with Crippen molar-refractivity contribution in [3.63, 3.8) is 0 Å². The van der Waals surface area contributed by atoms with E-state index in [1.807, 2.05) is 0 Å². The van der Waals surface area contributed by atoms with E-state index in [1.54, 1.807) is 6.07 Å². The van der Waals surface area contributed by atoms with Gasteiger partial charge in [-0.15, -0.1) is 0 Å². The zero-order valence-corrected chi connectivity index (χ0v) is 12.9. The third-order valence-electron chi connectivity index (χ3n) is 4.11. The first kappa shape index (κ1) is 15.4. The van der Waals surface area contributed by atoms with Crippen molar-refractivity contribution >= 4 is 10.0 Å². The first-order valence-electron chi connectivity index (χ1n) is 7.02. The molecule has 0 bridgehead atoms. The third-order valence-corrected chi connectivity index (χ3v) is 5.50. The molecule has 1 aliphatic rings. The Labute approximate surface area is 121 Å². The van der Waals surface area contributed by atoms with Gasteiger partial charge in [0.1, 0.15) is 0 Å². The molecule has 1 aliphatic carbocycles. The molecule has 0 spiro atoms. The van der Waals surface area contributed by atoms with Crippen LogP contribution in [-0.2, 0) is 16.6 Å². The largest absolute Gasteiger partial charge is 0.326 e. The maximum Gasteiger partial charge on any atom is 0.258 e. The van der Waals surface area contributed by atoms with Crippen LogP contribution < -0.4 is 10.5 Å². The van der Waals surface area contributed by atoms with Gasteiger partial charge in [-0.05, 0) is 29.9 Å². The number of sulfonamides is 1. The second-order valence-corrected chi connectivity index (χ2v) is 7.78. The molecule has 1 aromatic heterocycles. The molecular formula is C14H23N3O2S. The van der Waals surface area contributed by atoms with Crippen LogP contribution in [0.1, 0.15) is 45.1 Å². The summed E-state index contributed by atoms with van der Waals surface area (Å²) < 4.78 is 27.6. The minimum absolute atomic E-state index is 0.0114. The summed E-state index contributed by atoms with van der Waals surface area (Å²) in [6.45, 7) is 4.59. The van der Waals surface area contributed by atoms with Gasteiger partial charge in [-0.3, -0.25) is 0 Å². The van der Waals surface area contributed by atoms with Gasteiger partial charge in [0, 0.05) is 18.8 Å². The molecule has 1 aromatic rings. The van der Waals surface area contributed by atoms with Crippen molar-refractivity contribution in [3.05, 3.63) is 23.9 Å². The molecule has 3 N–H and O–H groups in total. The fourth-order valence-corrected chi connectivity index (χ4v) is 4.02. The minimum atomic E-state index is -3.56. The van der Waals surface area contributed by atoms with Gasteiger partial charge in [-0.2, -0.15) is 0 Å². The second-order valence-electron chi connectivity index (χ2n) is 6.12. The number of pyridine rings is 1. The van der Waals surface area contributed by atoms with Crippen LogP contribution in [0.2, 0.25) is 0 Å². The lowest BCUT2D eigenvalue weighted by Crippen LogP contribution is -2.46. The topological polar surface area (TPSA) is 85.1 Å². The van der Waals surface area contributed by atoms with E-state index in [0.29, 0.717) is 6.54 Å². The summed E-state index contributed by atoms with van der Waals surface area (Å²) in [6, 6.07) is 3.19. The van der Waals surface area contributed by atoms with Gasteiger partial charge < -0.3 is 5.73 Å². The third kappa shape index (κ3) is 3.37. The van der Waals surface area contributed by atoms with Crippen LogP contribution in [0.4, 0.5) is 0 Å². The van der Waals surface area contributed by atoms with Crippen LogP contribution in [0.5, 0.6) is 0 Å². The van der Waals surface area contributed by atoms with E-state index in [9.17, 15) is 8.42 Å². The Balaban J connectivity index is 2.17. The predicted octanol–water partition coefficient (Wildman–Crippen LogP) is 1.79. The number of hydrogen-bond acceptors (Lipinski definition) is 4. The lowest BCUT2D eigenvalue weighted by Gasteiger charge is -2.38. The fourth-order valence-electron chi connectivity index (χ4n) is 2.65. The Morgan fingerprint density at radius 1 is 1.40 bits per heavy atom. The highest BCUT2D eigenvalue weighted by Crippen LogP contribution is 2.36. The van der Waals surface area contributed by atoms with Crippen molar-refractivity contribution < 1.29 is 8.42 Å². The first-order chi connectivity index (χ1) is 9.35. The van der Waals surface area contributed by atoms with Crippen LogP contribution in [-0.4, -0.2) is 19.4 Å². The summed E-state index contributed by atoms with van der Waals surface area (Å²) in [5.74, 6) is 0. The molecule has 1 fully saturated rings. The van der Waals surface area contributed by atoms with Crippen molar-refractivity contribution in [2.75, 3.05) is 0 Å². The summed E-state index contributed by atoms with van der Waals surface area (Å²) in [5, 5.41) is 0.0658. The molecule has 1 atom stereocenters. The Morgan fingerprint density at radius 2 is 2.15 bits per heavy atom. The molecular weight excluding hydrogens is 274 g/mol. The quantitative estimate of drug-likeness (QED) is 0.887. The zero-order valence-electron chi connectivity index (χ0n) is 12.1. The molecule has 1 saturated carbocycles. The number of aromatic nitrogens is 1.